The maximum absolute atomic E-state index is 12.1. The summed E-state index contributed by atoms with van der Waals surface area (Å²) in [4.78, 5) is 15.4. The number of hydrogen-bond donors (Lipinski definition) is 2. The van der Waals surface area contributed by atoms with Crippen LogP contribution in [0.3, 0.4) is 0 Å². The number of nitrogens with zero attached hydrogens (tertiary/aromatic N) is 1. The third kappa shape index (κ3) is 4.55. The molecule has 5 nitrogen and oxygen atoms in total. The molecule has 1 fully saturated rings. The second-order valence-corrected chi connectivity index (χ2v) is 5.76. The molecule has 1 aliphatic heterocycles. The molecule has 1 aliphatic rings. The van der Waals surface area contributed by atoms with E-state index in [0.29, 0.717) is 26.3 Å². The van der Waals surface area contributed by atoms with Crippen molar-refractivity contribution in [1.82, 2.24) is 10.2 Å². The highest BCUT2D eigenvalue weighted by molar-refractivity contribution is 7.10. The minimum Gasteiger partial charge on any atom is -0.378 e. The summed E-state index contributed by atoms with van der Waals surface area (Å²) in [6.45, 7) is 5.57. The Bertz CT molecular complexity index is 533. The maximum Gasteiger partial charge on any atom is 0.239 e. The van der Waals surface area contributed by atoms with Gasteiger partial charge in [0.25, 0.3) is 0 Å². The molecule has 1 saturated heterocycles. The molecule has 0 spiro atoms. The molecule has 2 heterocycles. The number of nitrogens with one attached hydrogen (secondary N) is 1. The van der Waals surface area contributed by atoms with Crippen LogP contribution in [-0.2, 0) is 16.1 Å². The van der Waals surface area contributed by atoms with Crippen molar-refractivity contribution in [2.24, 2.45) is 5.73 Å². The Morgan fingerprint density at radius 2 is 2.52 bits per heavy atom. The number of nitrogens with two attached hydrogens (primary N) is 1. The molecule has 1 aromatic rings. The Balaban J connectivity index is 2.01. The summed E-state index contributed by atoms with van der Waals surface area (Å²) >= 11 is 1.66. The van der Waals surface area contributed by atoms with Crippen LogP contribution in [0.4, 0.5) is 0 Å². The number of rotatable bonds is 4. The van der Waals surface area contributed by atoms with E-state index >= 15 is 0 Å². The molecule has 3 N–H and O–H groups in total. The summed E-state index contributed by atoms with van der Waals surface area (Å²) in [6.07, 6.45) is 0. The average molecular weight is 307 g/mol. The van der Waals surface area contributed by atoms with Crippen molar-refractivity contribution in [3.63, 3.8) is 0 Å². The molecule has 1 unspecified atom stereocenters. The molecule has 2 rings (SSSR count). The van der Waals surface area contributed by atoms with E-state index in [1.807, 2.05) is 12.3 Å². The van der Waals surface area contributed by atoms with Crippen molar-refractivity contribution in [1.29, 1.82) is 0 Å². The van der Waals surface area contributed by atoms with Crippen molar-refractivity contribution >= 4 is 17.2 Å². The first-order valence-corrected chi connectivity index (χ1v) is 7.98. The van der Waals surface area contributed by atoms with Gasteiger partial charge in [-0.3, -0.25) is 9.69 Å². The fourth-order valence-electron chi connectivity index (χ4n) is 2.24. The zero-order valence-corrected chi connectivity index (χ0v) is 13.0. The van der Waals surface area contributed by atoms with Gasteiger partial charge in [0.05, 0.1) is 19.8 Å². The van der Waals surface area contributed by atoms with E-state index in [2.05, 4.69) is 28.1 Å². The number of thiophene rings is 1. The predicted molar refractivity (Wildman–Crippen MR) is 84.0 cm³/mol. The van der Waals surface area contributed by atoms with Crippen LogP contribution in [0.1, 0.15) is 17.4 Å². The highest BCUT2D eigenvalue weighted by Crippen LogP contribution is 2.19. The number of hydrogen-bond acceptors (Lipinski definition) is 5. The first kappa shape index (κ1) is 16.0. The third-order valence-electron chi connectivity index (χ3n) is 3.24. The van der Waals surface area contributed by atoms with Gasteiger partial charge in [0.1, 0.15) is 6.04 Å². The van der Waals surface area contributed by atoms with E-state index in [9.17, 15) is 4.79 Å². The van der Waals surface area contributed by atoms with Gasteiger partial charge < -0.3 is 15.8 Å². The number of carbonyl (C=O) groups is 1. The third-order valence-corrected chi connectivity index (χ3v) is 4.16. The first-order valence-electron chi connectivity index (χ1n) is 7.10. The van der Waals surface area contributed by atoms with E-state index in [1.54, 1.807) is 11.3 Å². The largest absolute Gasteiger partial charge is 0.378 e. The summed E-state index contributed by atoms with van der Waals surface area (Å²) < 4.78 is 5.44. The Labute approximate surface area is 129 Å². The monoisotopic (exact) mass is 307 g/mol. The number of ether oxygens (including phenoxy) is 1. The zero-order valence-electron chi connectivity index (χ0n) is 12.2. The van der Waals surface area contributed by atoms with Gasteiger partial charge in [0.2, 0.25) is 5.91 Å². The summed E-state index contributed by atoms with van der Waals surface area (Å²) in [5.41, 5.74) is 6.36. The average Bonchev–Trinajstić information content (AvgIpc) is 2.93. The predicted octanol–water partition coefficient (Wildman–Crippen LogP) is 0.395. The van der Waals surface area contributed by atoms with Crippen molar-refractivity contribution in [3.8, 4) is 11.8 Å². The van der Waals surface area contributed by atoms with Crippen LogP contribution in [0.25, 0.3) is 0 Å². The quantitative estimate of drug-likeness (QED) is 0.790. The molecule has 0 saturated carbocycles. The lowest BCUT2D eigenvalue weighted by Crippen LogP contribution is -2.53. The van der Waals surface area contributed by atoms with Crippen LogP contribution < -0.4 is 11.1 Å². The summed E-state index contributed by atoms with van der Waals surface area (Å²) in [5.74, 6) is 5.92. The molecule has 1 amide bonds. The zero-order chi connectivity index (χ0) is 15.1. The standard InChI is InChI=1S/C15H21N3O2S/c1-2-17-15(19)14-10-20-7-6-18(14)9-13-8-12(11-21-13)4-3-5-16/h8,11,14H,2,5-7,9-10,16H2,1H3,(H,17,19). The molecular formula is C15H21N3O2S. The van der Waals surface area contributed by atoms with Crippen molar-refractivity contribution in [2.45, 2.75) is 19.5 Å². The molecule has 21 heavy (non-hydrogen) atoms. The van der Waals surface area contributed by atoms with Gasteiger partial charge in [-0.2, -0.15) is 0 Å². The fraction of sp³-hybridized carbons (Fsp3) is 0.533. The van der Waals surface area contributed by atoms with Gasteiger partial charge in [-0.05, 0) is 13.0 Å². The molecule has 0 aliphatic carbocycles. The Morgan fingerprint density at radius 1 is 1.67 bits per heavy atom. The fourth-order valence-corrected chi connectivity index (χ4v) is 3.08. The summed E-state index contributed by atoms with van der Waals surface area (Å²) in [6, 6.07) is 1.86. The number of morpholine rings is 1. The SMILES string of the molecule is CCNC(=O)C1COCCN1Cc1cc(C#CCN)cs1. The van der Waals surface area contributed by atoms with Crippen LogP contribution >= 0.6 is 11.3 Å². The smallest absolute Gasteiger partial charge is 0.239 e. The first-order chi connectivity index (χ1) is 10.2. The minimum absolute atomic E-state index is 0.0388. The highest BCUT2D eigenvalue weighted by atomic mass is 32.1. The van der Waals surface area contributed by atoms with Gasteiger partial charge in [-0.25, -0.2) is 0 Å². The molecule has 114 valence electrons. The van der Waals surface area contributed by atoms with Gasteiger partial charge in [-0.1, -0.05) is 11.8 Å². The van der Waals surface area contributed by atoms with Crippen LogP contribution in [0, 0.1) is 11.8 Å². The molecule has 6 heteroatoms. The van der Waals surface area contributed by atoms with Crippen LogP contribution in [0.2, 0.25) is 0 Å². The minimum atomic E-state index is -0.209. The lowest BCUT2D eigenvalue weighted by molar-refractivity contribution is -0.132. The molecule has 0 aromatic carbocycles. The van der Waals surface area contributed by atoms with E-state index in [0.717, 1.165) is 18.7 Å². The van der Waals surface area contributed by atoms with E-state index in [-0.39, 0.29) is 11.9 Å². The van der Waals surface area contributed by atoms with Gasteiger partial charge in [0, 0.05) is 35.5 Å². The highest BCUT2D eigenvalue weighted by Gasteiger charge is 2.29. The van der Waals surface area contributed by atoms with Gasteiger partial charge in [-0.15, -0.1) is 11.3 Å². The summed E-state index contributed by atoms with van der Waals surface area (Å²) in [5, 5.41) is 4.90. The van der Waals surface area contributed by atoms with Crippen molar-refractivity contribution < 1.29 is 9.53 Å². The summed E-state index contributed by atoms with van der Waals surface area (Å²) in [7, 11) is 0. The number of likely N-dealkylation sites (N-methyl/N-ethyl adjacent to an activating group) is 1. The Morgan fingerprint density at radius 3 is 3.29 bits per heavy atom. The number of amides is 1. The number of carbonyl (C=O) groups excluding carboxylic acids is 1. The van der Waals surface area contributed by atoms with E-state index in [1.165, 1.54) is 4.88 Å². The molecular weight excluding hydrogens is 286 g/mol. The maximum atomic E-state index is 12.1. The lowest BCUT2D eigenvalue weighted by Gasteiger charge is -2.34. The topological polar surface area (TPSA) is 67.6 Å². The lowest BCUT2D eigenvalue weighted by atomic mass is 10.2. The molecule has 1 atom stereocenters. The van der Waals surface area contributed by atoms with Gasteiger partial charge >= 0.3 is 0 Å². The van der Waals surface area contributed by atoms with Crippen molar-refractivity contribution in [3.05, 3.63) is 21.9 Å². The van der Waals surface area contributed by atoms with Crippen LogP contribution in [0.15, 0.2) is 11.4 Å². The molecule has 0 bridgehead atoms. The Kier molecular flexibility index (Phi) is 6.21. The van der Waals surface area contributed by atoms with E-state index < -0.39 is 0 Å². The van der Waals surface area contributed by atoms with E-state index in [4.69, 9.17) is 10.5 Å². The van der Waals surface area contributed by atoms with Crippen LogP contribution in [-0.4, -0.2) is 49.7 Å². The second-order valence-electron chi connectivity index (χ2n) is 4.76. The second kappa shape index (κ2) is 8.15. The normalized spacial score (nSPS) is 18.9. The van der Waals surface area contributed by atoms with Crippen LogP contribution in [0.5, 0.6) is 0 Å². The molecule has 0 radical (unpaired) electrons. The van der Waals surface area contributed by atoms with Crippen molar-refractivity contribution in [2.75, 3.05) is 32.8 Å². The molecule has 1 aromatic heterocycles. The Hall–Kier alpha value is -1.39. The van der Waals surface area contributed by atoms with Gasteiger partial charge in [0.15, 0.2) is 0 Å².